The van der Waals surface area contributed by atoms with Crippen LogP contribution in [0.15, 0.2) is 54.6 Å². The van der Waals surface area contributed by atoms with Gasteiger partial charge in [-0.3, -0.25) is 4.79 Å². The van der Waals surface area contributed by atoms with Gasteiger partial charge in [0.05, 0.1) is 0 Å². The molecule has 2 rings (SSSR count). The van der Waals surface area contributed by atoms with Crippen molar-refractivity contribution in [2.75, 3.05) is 5.32 Å². The van der Waals surface area contributed by atoms with Gasteiger partial charge in [-0.2, -0.15) is 0 Å². The van der Waals surface area contributed by atoms with E-state index in [0.717, 1.165) is 11.6 Å². The Kier molecular flexibility index (Phi) is 4.51. The van der Waals surface area contributed by atoms with Gasteiger partial charge >= 0.3 is 5.97 Å². The highest BCUT2D eigenvalue weighted by atomic mass is 16.4. The fourth-order valence-electron chi connectivity index (χ4n) is 1.88. The number of carboxylic acids is 1. The minimum Gasteiger partial charge on any atom is -0.478 e. The molecule has 0 spiro atoms. The number of carbonyl (C=O) groups is 2. The lowest BCUT2D eigenvalue weighted by molar-refractivity contribution is -0.131. The van der Waals surface area contributed by atoms with Gasteiger partial charge in [0.1, 0.15) is 0 Å². The highest BCUT2D eigenvalue weighted by Crippen LogP contribution is 2.14. The van der Waals surface area contributed by atoms with Crippen molar-refractivity contribution in [3.63, 3.8) is 0 Å². The van der Waals surface area contributed by atoms with Gasteiger partial charge in [-0.1, -0.05) is 29.8 Å². The van der Waals surface area contributed by atoms with E-state index in [4.69, 9.17) is 5.11 Å². The summed E-state index contributed by atoms with van der Waals surface area (Å²) in [5.74, 6) is -1.21. The van der Waals surface area contributed by atoms with Gasteiger partial charge in [-0.05, 0) is 42.8 Å². The van der Waals surface area contributed by atoms with Crippen LogP contribution in [0.4, 0.5) is 5.69 Å². The molecule has 0 fully saturated rings. The van der Waals surface area contributed by atoms with Crippen molar-refractivity contribution in [3.8, 4) is 0 Å². The number of nitrogens with one attached hydrogen (secondary N) is 1. The first kappa shape index (κ1) is 14.5. The molecule has 21 heavy (non-hydrogen) atoms. The quantitative estimate of drug-likeness (QED) is 0.845. The summed E-state index contributed by atoms with van der Waals surface area (Å²) in [6, 6.07) is 14.3. The van der Waals surface area contributed by atoms with Gasteiger partial charge in [-0.15, -0.1) is 0 Å². The van der Waals surface area contributed by atoms with E-state index in [1.54, 1.807) is 30.3 Å². The largest absolute Gasteiger partial charge is 0.478 e. The molecule has 0 aromatic heterocycles. The maximum Gasteiger partial charge on any atom is 0.328 e. The fraction of sp³-hybridized carbons (Fsp3) is 0.0588. The Bertz CT molecular complexity index is 705. The second-order valence-electron chi connectivity index (χ2n) is 4.62. The molecule has 0 heterocycles. The lowest BCUT2D eigenvalue weighted by Crippen LogP contribution is -2.11. The minimum absolute atomic E-state index is 0.196. The summed E-state index contributed by atoms with van der Waals surface area (Å²) < 4.78 is 0. The third-order valence-electron chi connectivity index (χ3n) is 2.84. The molecule has 0 aliphatic rings. The van der Waals surface area contributed by atoms with Crippen molar-refractivity contribution in [2.24, 2.45) is 0 Å². The van der Waals surface area contributed by atoms with Crippen LogP contribution in [-0.4, -0.2) is 17.0 Å². The van der Waals surface area contributed by atoms with E-state index >= 15 is 0 Å². The Labute approximate surface area is 122 Å². The monoisotopic (exact) mass is 281 g/mol. The third kappa shape index (κ3) is 4.31. The van der Waals surface area contributed by atoms with Crippen molar-refractivity contribution in [1.29, 1.82) is 0 Å². The molecule has 0 bridgehead atoms. The Morgan fingerprint density at radius 2 is 1.86 bits per heavy atom. The zero-order valence-corrected chi connectivity index (χ0v) is 11.5. The fourth-order valence-corrected chi connectivity index (χ4v) is 1.88. The van der Waals surface area contributed by atoms with Crippen LogP contribution >= 0.6 is 0 Å². The van der Waals surface area contributed by atoms with Crippen LogP contribution in [0.5, 0.6) is 0 Å². The number of carbonyl (C=O) groups excluding carboxylic acids is 1. The molecule has 0 saturated heterocycles. The number of hydrogen-bond acceptors (Lipinski definition) is 2. The summed E-state index contributed by atoms with van der Waals surface area (Å²) in [4.78, 5) is 22.6. The van der Waals surface area contributed by atoms with Crippen molar-refractivity contribution in [3.05, 3.63) is 71.3 Å². The van der Waals surface area contributed by atoms with Crippen LogP contribution in [-0.2, 0) is 4.79 Å². The van der Waals surface area contributed by atoms with Crippen LogP contribution in [0, 0.1) is 6.92 Å². The third-order valence-corrected chi connectivity index (χ3v) is 2.84. The number of benzene rings is 2. The molecule has 4 heteroatoms. The Morgan fingerprint density at radius 1 is 1.10 bits per heavy atom. The molecular weight excluding hydrogens is 266 g/mol. The van der Waals surface area contributed by atoms with Gasteiger partial charge in [-0.25, -0.2) is 4.79 Å². The number of amides is 1. The van der Waals surface area contributed by atoms with E-state index in [1.807, 2.05) is 25.1 Å². The predicted molar refractivity (Wildman–Crippen MR) is 82.2 cm³/mol. The van der Waals surface area contributed by atoms with E-state index in [-0.39, 0.29) is 5.91 Å². The number of carboxylic acid groups (broad SMARTS) is 1. The zero-order chi connectivity index (χ0) is 15.2. The van der Waals surface area contributed by atoms with Gasteiger partial charge in [0, 0.05) is 17.3 Å². The molecule has 2 aromatic rings. The first-order chi connectivity index (χ1) is 10.0. The second-order valence-corrected chi connectivity index (χ2v) is 4.62. The average Bonchev–Trinajstić information content (AvgIpc) is 2.45. The first-order valence-corrected chi connectivity index (χ1v) is 6.44. The van der Waals surface area contributed by atoms with E-state index < -0.39 is 5.97 Å². The smallest absolute Gasteiger partial charge is 0.328 e. The zero-order valence-electron chi connectivity index (χ0n) is 11.5. The summed E-state index contributed by atoms with van der Waals surface area (Å²) >= 11 is 0. The number of hydrogen-bond donors (Lipinski definition) is 2. The highest BCUT2D eigenvalue weighted by Gasteiger charge is 2.06. The molecular formula is C17H15NO3. The second kappa shape index (κ2) is 6.52. The summed E-state index contributed by atoms with van der Waals surface area (Å²) in [6.45, 7) is 1.92. The van der Waals surface area contributed by atoms with Crippen LogP contribution in [0.25, 0.3) is 6.08 Å². The first-order valence-electron chi connectivity index (χ1n) is 6.44. The molecule has 0 radical (unpaired) electrons. The summed E-state index contributed by atoms with van der Waals surface area (Å²) in [5.41, 5.74) is 2.93. The summed E-state index contributed by atoms with van der Waals surface area (Å²) in [5, 5.41) is 11.4. The molecule has 0 saturated carbocycles. The van der Waals surface area contributed by atoms with Crippen molar-refractivity contribution in [2.45, 2.75) is 6.92 Å². The SMILES string of the molecule is Cc1cccc(C(=O)Nc2cccc(/C=C/C(=O)O)c2)c1. The van der Waals surface area contributed by atoms with Gasteiger partial charge < -0.3 is 10.4 Å². The van der Waals surface area contributed by atoms with Crippen LogP contribution < -0.4 is 5.32 Å². The molecule has 0 aliphatic carbocycles. The predicted octanol–water partition coefficient (Wildman–Crippen LogP) is 3.35. The standard InChI is InChI=1S/C17H15NO3/c1-12-4-2-6-14(10-12)17(21)18-15-7-3-5-13(11-15)8-9-16(19)20/h2-11H,1H3,(H,18,21)(H,19,20)/b9-8+. The normalized spacial score (nSPS) is 10.5. The maximum absolute atomic E-state index is 12.1. The van der Waals surface area contributed by atoms with Gasteiger partial charge in [0.25, 0.3) is 5.91 Å². The van der Waals surface area contributed by atoms with Crippen LogP contribution in [0.1, 0.15) is 21.5 Å². The van der Waals surface area contributed by atoms with E-state index in [2.05, 4.69) is 5.32 Å². The number of aryl methyl sites for hydroxylation is 1. The van der Waals surface area contributed by atoms with Gasteiger partial charge in [0.15, 0.2) is 0 Å². The molecule has 4 nitrogen and oxygen atoms in total. The summed E-state index contributed by atoms with van der Waals surface area (Å²) in [7, 11) is 0. The van der Waals surface area contributed by atoms with Crippen LogP contribution in [0.2, 0.25) is 0 Å². The van der Waals surface area contributed by atoms with Crippen molar-refractivity contribution >= 4 is 23.6 Å². The molecule has 2 N–H and O–H groups in total. The van der Waals surface area contributed by atoms with Crippen LogP contribution in [0.3, 0.4) is 0 Å². The Hall–Kier alpha value is -2.88. The maximum atomic E-state index is 12.1. The lowest BCUT2D eigenvalue weighted by atomic mass is 10.1. The highest BCUT2D eigenvalue weighted by molar-refractivity contribution is 6.04. The molecule has 0 atom stereocenters. The van der Waals surface area contributed by atoms with Gasteiger partial charge in [0.2, 0.25) is 0 Å². The summed E-state index contributed by atoms with van der Waals surface area (Å²) in [6.07, 6.45) is 2.53. The number of aliphatic carboxylic acids is 1. The molecule has 0 unspecified atom stereocenters. The molecule has 0 aliphatic heterocycles. The molecule has 106 valence electrons. The average molecular weight is 281 g/mol. The topological polar surface area (TPSA) is 66.4 Å². The number of rotatable bonds is 4. The minimum atomic E-state index is -1.01. The van der Waals surface area contributed by atoms with Crippen molar-refractivity contribution in [1.82, 2.24) is 0 Å². The Balaban J connectivity index is 2.14. The van der Waals surface area contributed by atoms with E-state index in [0.29, 0.717) is 16.8 Å². The Morgan fingerprint density at radius 3 is 2.57 bits per heavy atom. The molecule has 2 aromatic carbocycles. The van der Waals surface area contributed by atoms with Crippen molar-refractivity contribution < 1.29 is 14.7 Å². The van der Waals surface area contributed by atoms with E-state index in [9.17, 15) is 9.59 Å². The number of anilines is 1. The lowest BCUT2D eigenvalue weighted by Gasteiger charge is -2.06. The molecule has 1 amide bonds. The van der Waals surface area contributed by atoms with E-state index in [1.165, 1.54) is 6.08 Å².